The molecule has 0 aliphatic carbocycles. The molecule has 0 fully saturated rings. The van der Waals surface area contributed by atoms with Crippen LogP contribution in [0.2, 0.25) is 0 Å². The van der Waals surface area contributed by atoms with Gasteiger partial charge in [0.15, 0.2) is 11.6 Å². The number of thiophene rings is 1. The van der Waals surface area contributed by atoms with Gasteiger partial charge < -0.3 is 10.1 Å². The molecule has 2 rings (SSSR count). The molecular formula is C13H16N2OS. The Labute approximate surface area is 105 Å². The highest BCUT2D eigenvalue weighted by Gasteiger charge is 2.03. The second kappa shape index (κ2) is 6.25. The van der Waals surface area contributed by atoms with Crippen molar-refractivity contribution in [1.29, 1.82) is 0 Å². The van der Waals surface area contributed by atoms with Gasteiger partial charge in [-0.1, -0.05) is 6.92 Å². The highest BCUT2D eigenvalue weighted by molar-refractivity contribution is 7.07. The zero-order valence-electron chi connectivity index (χ0n) is 9.85. The van der Waals surface area contributed by atoms with Crippen molar-refractivity contribution in [2.45, 2.75) is 19.9 Å². The van der Waals surface area contributed by atoms with Gasteiger partial charge in [-0.05, 0) is 40.9 Å². The summed E-state index contributed by atoms with van der Waals surface area (Å²) in [5.41, 5.74) is 1.27. The number of hydrogen-bond donors (Lipinski definition) is 1. The number of pyridine rings is 1. The number of rotatable bonds is 6. The highest BCUT2D eigenvalue weighted by atomic mass is 32.1. The molecule has 0 aromatic carbocycles. The summed E-state index contributed by atoms with van der Waals surface area (Å²) in [7, 11) is 0. The van der Waals surface area contributed by atoms with Crippen LogP contribution in [-0.2, 0) is 6.54 Å². The van der Waals surface area contributed by atoms with Crippen molar-refractivity contribution in [2.75, 3.05) is 11.9 Å². The fraction of sp³-hybridized carbons (Fsp3) is 0.308. The molecule has 90 valence electrons. The predicted molar refractivity (Wildman–Crippen MR) is 71.7 cm³/mol. The Morgan fingerprint density at radius 2 is 2.35 bits per heavy atom. The second-order valence-electron chi connectivity index (χ2n) is 3.68. The maximum absolute atomic E-state index is 5.63. The smallest absolute Gasteiger partial charge is 0.169 e. The van der Waals surface area contributed by atoms with Crippen LogP contribution in [0.4, 0.5) is 5.82 Å². The fourth-order valence-electron chi connectivity index (χ4n) is 1.43. The maximum atomic E-state index is 5.63. The first-order valence-electron chi connectivity index (χ1n) is 5.73. The van der Waals surface area contributed by atoms with Gasteiger partial charge >= 0.3 is 0 Å². The second-order valence-corrected chi connectivity index (χ2v) is 4.46. The van der Waals surface area contributed by atoms with E-state index >= 15 is 0 Å². The summed E-state index contributed by atoms with van der Waals surface area (Å²) in [5, 5.41) is 7.50. The molecule has 0 radical (unpaired) electrons. The summed E-state index contributed by atoms with van der Waals surface area (Å²) >= 11 is 1.70. The lowest BCUT2D eigenvalue weighted by Gasteiger charge is -2.10. The van der Waals surface area contributed by atoms with Crippen LogP contribution >= 0.6 is 11.3 Å². The van der Waals surface area contributed by atoms with Gasteiger partial charge in [-0.2, -0.15) is 11.3 Å². The number of anilines is 1. The van der Waals surface area contributed by atoms with Crippen molar-refractivity contribution >= 4 is 17.2 Å². The van der Waals surface area contributed by atoms with E-state index in [1.54, 1.807) is 17.5 Å². The van der Waals surface area contributed by atoms with E-state index in [1.165, 1.54) is 5.56 Å². The van der Waals surface area contributed by atoms with Gasteiger partial charge in [0.2, 0.25) is 0 Å². The molecule has 0 amide bonds. The first kappa shape index (κ1) is 11.9. The summed E-state index contributed by atoms with van der Waals surface area (Å²) in [6.07, 6.45) is 2.77. The zero-order chi connectivity index (χ0) is 11.9. The SMILES string of the molecule is CCCOc1cccnc1NCc1ccsc1. The van der Waals surface area contributed by atoms with E-state index in [4.69, 9.17) is 4.74 Å². The van der Waals surface area contributed by atoms with E-state index < -0.39 is 0 Å². The third-order valence-corrected chi connectivity index (χ3v) is 3.00. The molecule has 0 aliphatic rings. The van der Waals surface area contributed by atoms with Crippen molar-refractivity contribution in [3.8, 4) is 5.75 Å². The Balaban J connectivity index is 1.99. The van der Waals surface area contributed by atoms with Crippen molar-refractivity contribution in [1.82, 2.24) is 4.98 Å². The van der Waals surface area contributed by atoms with E-state index in [9.17, 15) is 0 Å². The molecule has 4 heteroatoms. The Hall–Kier alpha value is -1.55. The molecule has 0 saturated carbocycles. The Kier molecular flexibility index (Phi) is 4.38. The zero-order valence-corrected chi connectivity index (χ0v) is 10.7. The van der Waals surface area contributed by atoms with Gasteiger partial charge in [-0.3, -0.25) is 0 Å². The molecular weight excluding hydrogens is 232 g/mol. The van der Waals surface area contributed by atoms with E-state index in [-0.39, 0.29) is 0 Å². The average molecular weight is 248 g/mol. The lowest BCUT2D eigenvalue weighted by molar-refractivity contribution is 0.318. The van der Waals surface area contributed by atoms with Gasteiger partial charge in [0.1, 0.15) is 0 Å². The van der Waals surface area contributed by atoms with E-state index in [0.717, 1.165) is 31.1 Å². The summed E-state index contributed by atoms with van der Waals surface area (Å²) in [6.45, 7) is 3.59. The van der Waals surface area contributed by atoms with Gasteiger partial charge in [0.05, 0.1) is 6.61 Å². The molecule has 0 unspecified atom stereocenters. The highest BCUT2D eigenvalue weighted by Crippen LogP contribution is 2.21. The monoisotopic (exact) mass is 248 g/mol. The van der Waals surface area contributed by atoms with Crippen LogP contribution in [-0.4, -0.2) is 11.6 Å². The maximum Gasteiger partial charge on any atom is 0.169 e. The minimum Gasteiger partial charge on any atom is -0.490 e. The van der Waals surface area contributed by atoms with Crippen LogP contribution in [0.25, 0.3) is 0 Å². The molecule has 3 nitrogen and oxygen atoms in total. The molecule has 2 aromatic rings. The molecule has 2 aromatic heterocycles. The van der Waals surface area contributed by atoms with Crippen molar-refractivity contribution in [3.63, 3.8) is 0 Å². The van der Waals surface area contributed by atoms with Crippen LogP contribution in [0.15, 0.2) is 35.2 Å². The normalized spacial score (nSPS) is 10.2. The molecule has 17 heavy (non-hydrogen) atoms. The minimum atomic E-state index is 0.721. The summed E-state index contributed by atoms with van der Waals surface area (Å²) in [5.74, 6) is 1.64. The third kappa shape index (κ3) is 3.46. The average Bonchev–Trinajstić information content (AvgIpc) is 2.88. The van der Waals surface area contributed by atoms with Crippen LogP contribution < -0.4 is 10.1 Å². The molecule has 0 atom stereocenters. The standard InChI is InChI=1S/C13H16N2OS/c1-2-7-16-12-4-3-6-14-13(12)15-9-11-5-8-17-10-11/h3-6,8,10H,2,7,9H2,1H3,(H,14,15). The number of aromatic nitrogens is 1. The summed E-state index contributed by atoms with van der Waals surface area (Å²) < 4.78 is 5.63. The largest absolute Gasteiger partial charge is 0.490 e. The summed E-state index contributed by atoms with van der Waals surface area (Å²) in [4.78, 5) is 4.30. The third-order valence-electron chi connectivity index (χ3n) is 2.27. The van der Waals surface area contributed by atoms with Gasteiger partial charge in [0, 0.05) is 12.7 Å². The molecule has 0 bridgehead atoms. The lowest BCUT2D eigenvalue weighted by atomic mass is 10.3. The summed E-state index contributed by atoms with van der Waals surface area (Å²) in [6, 6.07) is 5.94. The Morgan fingerprint density at radius 1 is 1.41 bits per heavy atom. The Morgan fingerprint density at radius 3 is 3.12 bits per heavy atom. The minimum absolute atomic E-state index is 0.721. The van der Waals surface area contributed by atoms with Gasteiger partial charge in [0.25, 0.3) is 0 Å². The number of hydrogen-bond acceptors (Lipinski definition) is 4. The van der Waals surface area contributed by atoms with E-state index in [0.29, 0.717) is 0 Å². The molecule has 2 heterocycles. The lowest BCUT2D eigenvalue weighted by Crippen LogP contribution is -2.04. The molecule has 1 N–H and O–H groups in total. The molecule has 0 spiro atoms. The topological polar surface area (TPSA) is 34.1 Å². The fourth-order valence-corrected chi connectivity index (χ4v) is 2.10. The number of ether oxygens (including phenoxy) is 1. The first-order chi connectivity index (χ1) is 8.40. The quantitative estimate of drug-likeness (QED) is 0.849. The van der Waals surface area contributed by atoms with Crippen LogP contribution in [0.5, 0.6) is 5.75 Å². The van der Waals surface area contributed by atoms with E-state index in [2.05, 4.69) is 34.1 Å². The van der Waals surface area contributed by atoms with Crippen LogP contribution in [0.3, 0.4) is 0 Å². The van der Waals surface area contributed by atoms with Crippen molar-refractivity contribution in [3.05, 3.63) is 40.7 Å². The van der Waals surface area contributed by atoms with Crippen molar-refractivity contribution in [2.24, 2.45) is 0 Å². The van der Waals surface area contributed by atoms with Gasteiger partial charge in [-0.15, -0.1) is 0 Å². The van der Waals surface area contributed by atoms with Crippen molar-refractivity contribution < 1.29 is 4.74 Å². The molecule has 0 aliphatic heterocycles. The number of nitrogens with zero attached hydrogens (tertiary/aromatic N) is 1. The predicted octanol–water partition coefficient (Wildman–Crippen LogP) is 3.54. The van der Waals surface area contributed by atoms with Crippen LogP contribution in [0, 0.1) is 0 Å². The number of nitrogens with one attached hydrogen (secondary N) is 1. The molecule has 0 saturated heterocycles. The van der Waals surface area contributed by atoms with Crippen LogP contribution in [0.1, 0.15) is 18.9 Å². The van der Waals surface area contributed by atoms with Gasteiger partial charge in [-0.25, -0.2) is 4.98 Å². The van der Waals surface area contributed by atoms with E-state index in [1.807, 2.05) is 12.1 Å². The first-order valence-corrected chi connectivity index (χ1v) is 6.67. The Bertz CT molecular complexity index is 442.